The highest BCUT2D eigenvalue weighted by atomic mass is 79.9. The fourth-order valence-corrected chi connectivity index (χ4v) is 2.37. The molecule has 0 spiro atoms. The lowest BCUT2D eigenvalue weighted by Crippen LogP contribution is -2.26. The third-order valence-corrected chi connectivity index (χ3v) is 3.83. The Morgan fingerprint density at radius 3 is 2.70 bits per heavy atom. The molecular formula is C14H25BrN4O. The molecule has 1 aromatic rings. The Bertz CT molecular complexity index is 399. The fraction of sp³-hybridized carbons (Fsp3) is 0.714. The summed E-state index contributed by atoms with van der Waals surface area (Å²) in [5, 5.41) is 3.31. The molecule has 20 heavy (non-hydrogen) atoms. The van der Waals surface area contributed by atoms with Crippen LogP contribution >= 0.6 is 15.9 Å². The smallest absolute Gasteiger partial charge is 0.232 e. The molecule has 1 rings (SSSR count). The lowest BCUT2D eigenvalue weighted by Gasteiger charge is -2.19. The van der Waals surface area contributed by atoms with Gasteiger partial charge in [-0.25, -0.2) is 4.98 Å². The fourth-order valence-electron chi connectivity index (χ4n) is 2.02. The number of methoxy groups -OCH3 is 1. The van der Waals surface area contributed by atoms with Crippen LogP contribution in [0.25, 0.3) is 0 Å². The molecule has 1 atom stereocenters. The number of nitrogens with one attached hydrogen (secondary N) is 1. The summed E-state index contributed by atoms with van der Waals surface area (Å²) in [7, 11) is 1.60. The van der Waals surface area contributed by atoms with Crippen LogP contribution < -0.4 is 10.1 Å². The van der Waals surface area contributed by atoms with Crippen molar-refractivity contribution in [1.29, 1.82) is 0 Å². The third-order valence-electron chi connectivity index (χ3n) is 3.29. The van der Waals surface area contributed by atoms with Gasteiger partial charge in [0, 0.05) is 6.04 Å². The van der Waals surface area contributed by atoms with Crippen LogP contribution in [0, 0.1) is 0 Å². The van der Waals surface area contributed by atoms with E-state index in [-0.39, 0.29) is 0 Å². The van der Waals surface area contributed by atoms with Gasteiger partial charge in [0.2, 0.25) is 11.8 Å². The van der Waals surface area contributed by atoms with Crippen LogP contribution in [-0.4, -0.2) is 47.7 Å². The Kier molecular flexibility index (Phi) is 7.84. The molecule has 0 fully saturated rings. The molecule has 1 heterocycles. The van der Waals surface area contributed by atoms with Crippen LogP contribution in [0.5, 0.6) is 5.88 Å². The molecule has 0 amide bonds. The summed E-state index contributed by atoms with van der Waals surface area (Å²) in [5.41, 5.74) is 0. The summed E-state index contributed by atoms with van der Waals surface area (Å²) < 4.78 is 5.93. The van der Waals surface area contributed by atoms with Crippen LogP contribution in [0.4, 0.5) is 5.95 Å². The molecule has 0 aromatic carbocycles. The number of hydrogen-bond acceptors (Lipinski definition) is 5. The van der Waals surface area contributed by atoms with Crippen molar-refractivity contribution in [2.45, 2.75) is 39.7 Å². The predicted molar refractivity (Wildman–Crippen MR) is 86.4 cm³/mol. The van der Waals surface area contributed by atoms with E-state index in [9.17, 15) is 0 Å². The SMILES string of the molecule is CCN(CC)CCCC(C)Nc1ncc(Br)c(OC)n1. The highest BCUT2D eigenvalue weighted by molar-refractivity contribution is 9.10. The number of hydrogen-bond donors (Lipinski definition) is 1. The van der Waals surface area contributed by atoms with Crippen LogP contribution in [0.1, 0.15) is 33.6 Å². The molecule has 5 nitrogen and oxygen atoms in total. The molecular weight excluding hydrogens is 320 g/mol. The second-order valence-electron chi connectivity index (χ2n) is 4.77. The van der Waals surface area contributed by atoms with Crippen molar-refractivity contribution in [2.24, 2.45) is 0 Å². The van der Waals surface area contributed by atoms with E-state index in [0.29, 0.717) is 17.9 Å². The maximum atomic E-state index is 5.16. The largest absolute Gasteiger partial charge is 0.480 e. The van der Waals surface area contributed by atoms with Crippen LogP contribution in [-0.2, 0) is 0 Å². The van der Waals surface area contributed by atoms with E-state index in [1.165, 1.54) is 6.42 Å². The average molecular weight is 345 g/mol. The van der Waals surface area contributed by atoms with Crippen molar-refractivity contribution in [3.05, 3.63) is 10.7 Å². The quantitative estimate of drug-likeness (QED) is 0.745. The molecule has 1 unspecified atom stereocenters. The van der Waals surface area contributed by atoms with Gasteiger partial charge in [0.05, 0.1) is 17.8 Å². The van der Waals surface area contributed by atoms with Gasteiger partial charge in [0.15, 0.2) is 0 Å². The predicted octanol–water partition coefficient (Wildman–Crippen LogP) is 3.17. The minimum Gasteiger partial charge on any atom is -0.480 e. The van der Waals surface area contributed by atoms with Crippen LogP contribution in [0.15, 0.2) is 10.7 Å². The number of anilines is 1. The molecule has 114 valence electrons. The first-order valence-electron chi connectivity index (χ1n) is 7.16. The Morgan fingerprint density at radius 1 is 1.40 bits per heavy atom. The van der Waals surface area contributed by atoms with Gasteiger partial charge in [-0.15, -0.1) is 0 Å². The van der Waals surface area contributed by atoms with Gasteiger partial charge in [0.25, 0.3) is 0 Å². The van der Waals surface area contributed by atoms with Gasteiger partial charge in [-0.05, 0) is 55.3 Å². The van der Waals surface area contributed by atoms with Gasteiger partial charge in [0.1, 0.15) is 0 Å². The maximum absolute atomic E-state index is 5.16. The van der Waals surface area contributed by atoms with Gasteiger partial charge >= 0.3 is 0 Å². The number of ether oxygens (including phenoxy) is 1. The molecule has 0 aliphatic heterocycles. The van der Waals surface area contributed by atoms with E-state index >= 15 is 0 Å². The maximum Gasteiger partial charge on any atom is 0.232 e. The summed E-state index contributed by atoms with van der Waals surface area (Å²) >= 11 is 3.35. The monoisotopic (exact) mass is 344 g/mol. The van der Waals surface area contributed by atoms with Crippen LogP contribution in [0.2, 0.25) is 0 Å². The first-order chi connectivity index (χ1) is 9.60. The number of halogens is 1. The third kappa shape index (κ3) is 5.63. The first-order valence-corrected chi connectivity index (χ1v) is 7.95. The summed E-state index contributed by atoms with van der Waals surface area (Å²) in [4.78, 5) is 11.0. The second kappa shape index (κ2) is 9.13. The Hall–Kier alpha value is -0.880. The van der Waals surface area contributed by atoms with Crippen molar-refractivity contribution in [2.75, 3.05) is 32.1 Å². The van der Waals surface area contributed by atoms with E-state index < -0.39 is 0 Å². The van der Waals surface area contributed by atoms with E-state index in [0.717, 1.165) is 30.5 Å². The first kappa shape index (κ1) is 17.2. The molecule has 0 saturated carbocycles. The molecule has 1 N–H and O–H groups in total. The zero-order chi connectivity index (χ0) is 15.0. The van der Waals surface area contributed by atoms with Crippen molar-refractivity contribution in [3.8, 4) is 5.88 Å². The summed E-state index contributed by atoms with van der Waals surface area (Å²) in [6, 6.07) is 0.344. The van der Waals surface area contributed by atoms with Crippen molar-refractivity contribution in [1.82, 2.24) is 14.9 Å². The number of rotatable bonds is 9. The number of nitrogens with zero attached hydrogens (tertiary/aromatic N) is 3. The zero-order valence-corrected chi connectivity index (χ0v) is 14.4. The van der Waals surface area contributed by atoms with E-state index in [2.05, 4.69) is 56.9 Å². The molecule has 0 bridgehead atoms. The van der Waals surface area contributed by atoms with E-state index in [1.54, 1.807) is 13.3 Å². The van der Waals surface area contributed by atoms with Crippen molar-refractivity contribution >= 4 is 21.9 Å². The molecule has 0 saturated heterocycles. The second-order valence-corrected chi connectivity index (χ2v) is 5.62. The molecule has 0 aliphatic carbocycles. The Labute approximate surface area is 130 Å². The van der Waals surface area contributed by atoms with Gasteiger partial charge < -0.3 is 15.0 Å². The molecule has 0 radical (unpaired) electrons. The van der Waals surface area contributed by atoms with E-state index in [1.807, 2.05) is 0 Å². The Morgan fingerprint density at radius 2 is 2.10 bits per heavy atom. The summed E-state index contributed by atoms with van der Waals surface area (Å²) in [6.07, 6.45) is 3.97. The van der Waals surface area contributed by atoms with Crippen molar-refractivity contribution < 1.29 is 4.74 Å². The molecule has 1 aromatic heterocycles. The average Bonchev–Trinajstić information content (AvgIpc) is 2.45. The lowest BCUT2D eigenvalue weighted by molar-refractivity contribution is 0.295. The minimum absolute atomic E-state index is 0.344. The van der Waals surface area contributed by atoms with Crippen molar-refractivity contribution in [3.63, 3.8) is 0 Å². The van der Waals surface area contributed by atoms with Gasteiger partial charge in [-0.2, -0.15) is 4.98 Å². The summed E-state index contributed by atoms with van der Waals surface area (Å²) in [6.45, 7) is 9.93. The van der Waals surface area contributed by atoms with Gasteiger partial charge in [-0.3, -0.25) is 0 Å². The highest BCUT2D eigenvalue weighted by Gasteiger charge is 2.08. The standard InChI is InChI=1S/C14H25BrN4O/c1-5-19(6-2)9-7-8-11(3)17-14-16-10-12(15)13(18-14)20-4/h10-11H,5-9H2,1-4H3,(H,16,17,18). The number of aromatic nitrogens is 2. The normalized spacial score (nSPS) is 12.5. The summed E-state index contributed by atoms with van der Waals surface area (Å²) in [5.74, 6) is 1.17. The lowest BCUT2D eigenvalue weighted by atomic mass is 10.2. The van der Waals surface area contributed by atoms with Crippen LogP contribution in [0.3, 0.4) is 0 Å². The zero-order valence-electron chi connectivity index (χ0n) is 12.8. The van der Waals surface area contributed by atoms with E-state index in [4.69, 9.17) is 4.74 Å². The minimum atomic E-state index is 0.344. The molecule has 6 heteroatoms. The Balaban J connectivity index is 2.40. The highest BCUT2D eigenvalue weighted by Crippen LogP contribution is 2.22. The molecule has 0 aliphatic rings. The topological polar surface area (TPSA) is 50.3 Å². The van der Waals surface area contributed by atoms with Gasteiger partial charge in [-0.1, -0.05) is 13.8 Å².